The van der Waals surface area contributed by atoms with E-state index in [4.69, 9.17) is 23.7 Å². The summed E-state index contributed by atoms with van der Waals surface area (Å²) < 4.78 is 28.4. The molecule has 1 aliphatic rings. The summed E-state index contributed by atoms with van der Waals surface area (Å²) in [6, 6.07) is 13.0. The van der Waals surface area contributed by atoms with Crippen molar-refractivity contribution in [3.8, 4) is 0 Å². The summed E-state index contributed by atoms with van der Waals surface area (Å²) in [6.45, 7) is 3.79. The third kappa shape index (κ3) is 7.18. The van der Waals surface area contributed by atoms with E-state index >= 15 is 0 Å². The van der Waals surface area contributed by atoms with Gasteiger partial charge in [-0.1, -0.05) is 30.3 Å². The van der Waals surface area contributed by atoms with Crippen LogP contribution >= 0.6 is 0 Å². The zero-order valence-corrected chi connectivity index (χ0v) is 15.9. The molecule has 7 nitrogen and oxygen atoms in total. The number of fused-ring (bicyclic) bond motifs is 2. The van der Waals surface area contributed by atoms with Gasteiger partial charge in [-0.3, -0.25) is 4.79 Å². The molecule has 0 radical (unpaired) electrons. The van der Waals surface area contributed by atoms with Crippen LogP contribution in [0, 0.1) is 0 Å². The number of hydrogen-bond donors (Lipinski definition) is 1. The van der Waals surface area contributed by atoms with Crippen LogP contribution in [0.5, 0.6) is 0 Å². The van der Waals surface area contributed by atoms with Gasteiger partial charge in [-0.25, -0.2) is 0 Å². The van der Waals surface area contributed by atoms with Crippen LogP contribution in [-0.2, 0) is 36.9 Å². The number of ether oxygens (including phenoxy) is 5. The molecule has 1 aromatic heterocycles. The summed E-state index contributed by atoms with van der Waals surface area (Å²) in [6.07, 6.45) is -0.171. The highest BCUT2D eigenvalue weighted by molar-refractivity contribution is 5.17. The molecule has 1 aliphatic heterocycles. The number of pyridine rings is 1. The Hall–Kier alpha value is -2.03. The summed E-state index contributed by atoms with van der Waals surface area (Å²) in [4.78, 5) is 15.0. The molecule has 1 unspecified atom stereocenters. The van der Waals surface area contributed by atoms with Crippen LogP contribution in [0.1, 0.15) is 23.1 Å². The second kappa shape index (κ2) is 11.7. The minimum atomic E-state index is -0.171. The minimum Gasteiger partial charge on any atom is -0.377 e. The van der Waals surface area contributed by atoms with Crippen LogP contribution in [0.15, 0.2) is 47.3 Å². The van der Waals surface area contributed by atoms with Gasteiger partial charge in [-0.05, 0) is 5.56 Å². The van der Waals surface area contributed by atoms with Crippen LogP contribution in [0.4, 0.5) is 0 Å². The molecule has 0 fully saturated rings. The Morgan fingerprint density at radius 2 is 1.36 bits per heavy atom. The summed E-state index contributed by atoms with van der Waals surface area (Å²) in [5.74, 6) is 0. The number of nitrogens with one attached hydrogen (secondary N) is 1. The van der Waals surface area contributed by atoms with Crippen LogP contribution < -0.4 is 5.43 Å². The van der Waals surface area contributed by atoms with Gasteiger partial charge in [0, 0.05) is 23.5 Å². The zero-order valence-electron chi connectivity index (χ0n) is 15.9. The van der Waals surface area contributed by atoms with Gasteiger partial charge < -0.3 is 28.7 Å². The maximum absolute atomic E-state index is 11.8. The zero-order chi connectivity index (χ0) is 19.4. The van der Waals surface area contributed by atoms with Gasteiger partial charge in [0.15, 0.2) is 5.43 Å². The Bertz CT molecular complexity index is 748. The summed E-state index contributed by atoms with van der Waals surface area (Å²) in [7, 11) is 0. The van der Waals surface area contributed by atoms with Crippen LogP contribution in [-0.4, -0.2) is 51.2 Å². The van der Waals surface area contributed by atoms with Gasteiger partial charge in [0.2, 0.25) is 0 Å². The molecule has 0 aliphatic carbocycles. The first-order valence-corrected chi connectivity index (χ1v) is 9.51. The molecule has 0 saturated heterocycles. The second-order valence-electron chi connectivity index (χ2n) is 6.43. The molecule has 1 aromatic carbocycles. The first-order chi connectivity index (χ1) is 13.8. The summed E-state index contributed by atoms with van der Waals surface area (Å²) >= 11 is 0. The molecule has 1 N–H and O–H groups in total. The first-order valence-electron chi connectivity index (χ1n) is 9.51. The van der Waals surface area contributed by atoms with E-state index < -0.39 is 0 Å². The number of rotatable bonds is 1. The lowest BCUT2D eigenvalue weighted by Gasteiger charge is -2.19. The fraction of sp³-hybridized carbons (Fsp3) is 0.476. The number of aromatic amines is 1. The summed E-state index contributed by atoms with van der Waals surface area (Å²) in [5.41, 5.74) is 2.42. The molecule has 152 valence electrons. The maximum Gasteiger partial charge on any atom is 0.182 e. The van der Waals surface area contributed by atoms with Crippen molar-refractivity contribution in [1.82, 2.24) is 4.98 Å². The summed E-state index contributed by atoms with van der Waals surface area (Å²) in [5, 5.41) is 0. The molecule has 28 heavy (non-hydrogen) atoms. The Balaban J connectivity index is 1.60. The SMILES string of the molecule is O=c1cc2[nH]c(c1)COCCOC(c1ccccc1)COCCOCCOC2. The maximum atomic E-state index is 11.8. The van der Waals surface area contributed by atoms with Crippen LogP contribution in [0.3, 0.4) is 0 Å². The van der Waals surface area contributed by atoms with Crippen molar-refractivity contribution in [3.63, 3.8) is 0 Å². The van der Waals surface area contributed by atoms with Crippen molar-refractivity contribution in [2.24, 2.45) is 0 Å². The van der Waals surface area contributed by atoms with E-state index in [0.717, 1.165) is 11.3 Å². The quantitative estimate of drug-likeness (QED) is 0.806. The fourth-order valence-corrected chi connectivity index (χ4v) is 2.87. The molecule has 3 rings (SSSR count). The predicted molar refractivity (Wildman–Crippen MR) is 103 cm³/mol. The van der Waals surface area contributed by atoms with Crippen molar-refractivity contribution in [1.29, 1.82) is 0 Å². The normalized spacial score (nSPS) is 20.8. The molecular weight excluding hydrogens is 362 g/mol. The third-order valence-corrected chi connectivity index (χ3v) is 4.20. The van der Waals surface area contributed by atoms with E-state index in [0.29, 0.717) is 65.2 Å². The van der Waals surface area contributed by atoms with E-state index in [2.05, 4.69) is 4.98 Å². The van der Waals surface area contributed by atoms with Crippen molar-refractivity contribution < 1.29 is 23.7 Å². The van der Waals surface area contributed by atoms with Gasteiger partial charge in [-0.2, -0.15) is 0 Å². The highest BCUT2D eigenvalue weighted by Crippen LogP contribution is 2.17. The topological polar surface area (TPSA) is 79.0 Å². The van der Waals surface area contributed by atoms with Gasteiger partial charge in [0.25, 0.3) is 0 Å². The fourth-order valence-electron chi connectivity index (χ4n) is 2.87. The van der Waals surface area contributed by atoms with E-state index in [1.807, 2.05) is 30.3 Å². The van der Waals surface area contributed by atoms with Gasteiger partial charge >= 0.3 is 0 Å². The first kappa shape index (κ1) is 20.7. The van der Waals surface area contributed by atoms with E-state index in [1.54, 1.807) is 0 Å². The minimum absolute atomic E-state index is 0.0702. The number of benzene rings is 1. The van der Waals surface area contributed by atoms with Gasteiger partial charge in [-0.15, -0.1) is 0 Å². The molecule has 1 atom stereocenters. The highest BCUT2D eigenvalue weighted by Gasteiger charge is 2.12. The van der Waals surface area contributed by atoms with Gasteiger partial charge in [0.05, 0.1) is 59.5 Å². The Labute approximate surface area is 164 Å². The molecule has 7 heteroatoms. The number of aromatic nitrogens is 1. The van der Waals surface area contributed by atoms with Crippen molar-refractivity contribution >= 4 is 0 Å². The van der Waals surface area contributed by atoms with Crippen LogP contribution in [0.25, 0.3) is 0 Å². The van der Waals surface area contributed by atoms with E-state index in [1.165, 1.54) is 12.1 Å². The second-order valence-corrected chi connectivity index (χ2v) is 6.43. The highest BCUT2D eigenvalue weighted by atomic mass is 16.6. The lowest BCUT2D eigenvalue weighted by atomic mass is 10.1. The third-order valence-electron chi connectivity index (χ3n) is 4.20. The number of H-pyrrole nitrogens is 1. The molecule has 0 spiro atoms. The van der Waals surface area contributed by atoms with Crippen LogP contribution in [0.2, 0.25) is 0 Å². The van der Waals surface area contributed by atoms with Gasteiger partial charge in [0.1, 0.15) is 6.10 Å². The largest absolute Gasteiger partial charge is 0.377 e. The lowest BCUT2D eigenvalue weighted by molar-refractivity contribution is -0.0541. The molecule has 0 amide bonds. The smallest absolute Gasteiger partial charge is 0.182 e. The molecule has 2 heterocycles. The van der Waals surface area contributed by atoms with Crippen molar-refractivity contribution in [2.75, 3.05) is 46.2 Å². The standard InChI is InChI=1S/C21H27NO6/c23-20-12-18-14-25-8-6-24-7-9-27-16-21(17-4-2-1-3-5-17)28-11-10-26-15-19(13-20)22-18/h1-5,12-13,21H,6-11,14-16H2,(H,22,23). The lowest BCUT2D eigenvalue weighted by Crippen LogP contribution is -2.18. The molecule has 2 aromatic rings. The van der Waals surface area contributed by atoms with E-state index in [-0.39, 0.29) is 11.5 Å². The Kier molecular flexibility index (Phi) is 8.67. The molecular formula is C21H27NO6. The average molecular weight is 389 g/mol. The Morgan fingerprint density at radius 3 is 2.07 bits per heavy atom. The number of hydrogen-bond acceptors (Lipinski definition) is 6. The van der Waals surface area contributed by atoms with Crippen molar-refractivity contribution in [2.45, 2.75) is 19.3 Å². The predicted octanol–water partition coefficient (Wildman–Crippen LogP) is 2.21. The Morgan fingerprint density at radius 1 is 0.750 bits per heavy atom. The molecule has 2 bridgehead atoms. The monoisotopic (exact) mass is 389 g/mol. The van der Waals surface area contributed by atoms with E-state index in [9.17, 15) is 4.79 Å². The average Bonchev–Trinajstić information content (AvgIpc) is 2.70. The molecule has 0 saturated carbocycles. The van der Waals surface area contributed by atoms with Crippen molar-refractivity contribution in [3.05, 3.63) is 69.6 Å².